The van der Waals surface area contributed by atoms with Gasteiger partial charge in [-0.25, -0.2) is 18.2 Å². The molecule has 0 saturated carbocycles. The van der Waals surface area contributed by atoms with E-state index >= 15 is 0 Å². The van der Waals surface area contributed by atoms with Crippen molar-refractivity contribution >= 4 is 17.7 Å². The highest BCUT2D eigenvalue weighted by atomic mass is 19.1. The van der Waals surface area contributed by atoms with Crippen LogP contribution < -0.4 is 16.2 Å². The van der Waals surface area contributed by atoms with Gasteiger partial charge in [-0.3, -0.25) is 9.36 Å². The quantitative estimate of drug-likeness (QED) is 0.364. The molecule has 0 amide bonds. The van der Waals surface area contributed by atoms with Crippen LogP contribution in [-0.2, 0) is 11.3 Å². The number of anilines is 2. The van der Waals surface area contributed by atoms with Gasteiger partial charge < -0.3 is 25.9 Å². The Morgan fingerprint density at radius 2 is 2.00 bits per heavy atom. The summed E-state index contributed by atoms with van der Waals surface area (Å²) >= 11 is 0. The lowest BCUT2D eigenvalue weighted by Gasteiger charge is -2.31. The molecule has 0 bridgehead atoms. The molecule has 2 atom stereocenters. The molecule has 3 heterocycles. The topological polar surface area (TPSA) is 112 Å². The molecule has 11 heteroatoms. The summed E-state index contributed by atoms with van der Waals surface area (Å²) in [5.41, 5.74) is -0.938. The molecule has 1 aliphatic rings. The molecule has 0 spiro atoms. The summed E-state index contributed by atoms with van der Waals surface area (Å²) in [5.74, 6) is -2.08. The number of nitrogens with zero attached hydrogens (tertiary/aromatic N) is 2. The van der Waals surface area contributed by atoms with Crippen molar-refractivity contribution in [2.45, 2.75) is 19.0 Å². The second-order valence-corrected chi connectivity index (χ2v) is 8.09. The monoisotopic (exact) mass is 487 g/mol. The van der Waals surface area contributed by atoms with Gasteiger partial charge in [0.15, 0.2) is 5.82 Å². The Morgan fingerprint density at radius 3 is 2.71 bits per heavy atom. The van der Waals surface area contributed by atoms with Crippen molar-refractivity contribution in [2.24, 2.45) is 5.92 Å². The molecule has 1 fully saturated rings. The molecule has 2 unspecified atom stereocenters. The van der Waals surface area contributed by atoms with Gasteiger partial charge in [-0.15, -0.1) is 0 Å². The van der Waals surface area contributed by atoms with Crippen molar-refractivity contribution in [2.75, 3.05) is 30.5 Å². The van der Waals surface area contributed by atoms with Gasteiger partial charge in [0.2, 0.25) is 0 Å². The Kier molecular flexibility index (Phi) is 7.47. The number of aliphatic hydroxyl groups excluding tert-OH is 1. The summed E-state index contributed by atoms with van der Waals surface area (Å²) in [6.45, 7) is 0.557. The highest BCUT2D eigenvalue weighted by Gasteiger charge is 2.26. The Bertz CT molecular complexity index is 1260. The average Bonchev–Trinajstić information content (AvgIpc) is 2.85. The maximum Gasteiger partial charge on any atom is 0.266 e. The highest BCUT2D eigenvalue weighted by molar-refractivity contribution is 5.85. The number of nitrogens with one attached hydrogen (secondary N) is 3. The third-order valence-electron chi connectivity index (χ3n) is 5.93. The zero-order valence-electron chi connectivity index (χ0n) is 18.6. The van der Waals surface area contributed by atoms with Crippen LogP contribution in [0.2, 0.25) is 0 Å². The lowest BCUT2D eigenvalue weighted by Crippen LogP contribution is -2.39. The normalized spacial score (nSPS) is 17.7. The van der Waals surface area contributed by atoms with Gasteiger partial charge in [0, 0.05) is 49.2 Å². The van der Waals surface area contributed by atoms with Gasteiger partial charge in [0.05, 0.1) is 36.3 Å². The van der Waals surface area contributed by atoms with Crippen LogP contribution in [0.25, 0.3) is 5.69 Å². The Labute approximate surface area is 198 Å². The standard InChI is InChI=1S/C24H24F3N5O3/c25-17-2-1-3-18(26)16(17)10-29-21-4-6-32(24(34)15(21)9-28)22-8-23(30-11-19(22)27)31-20-5-7-35-13-14(20)12-33/h1-4,6,8-9,11,14,20,28-29,33H,5,7,10,12-13H2,(H,30,31). The number of ether oxygens (including phenoxy) is 1. The molecule has 0 radical (unpaired) electrons. The molecular weight excluding hydrogens is 463 g/mol. The molecule has 184 valence electrons. The van der Waals surface area contributed by atoms with Crippen molar-refractivity contribution in [3.05, 3.63) is 81.7 Å². The molecule has 4 rings (SSSR count). The van der Waals surface area contributed by atoms with E-state index in [-0.39, 0.29) is 47.6 Å². The van der Waals surface area contributed by atoms with Gasteiger partial charge in [-0.2, -0.15) is 0 Å². The van der Waals surface area contributed by atoms with E-state index in [9.17, 15) is 23.1 Å². The van der Waals surface area contributed by atoms with E-state index in [0.717, 1.165) is 29.1 Å². The molecule has 1 aromatic carbocycles. The zero-order valence-corrected chi connectivity index (χ0v) is 18.6. The van der Waals surface area contributed by atoms with Crippen LogP contribution in [0.5, 0.6) is 0 Å². The van der Waals surface area contributed by atoms with E-state index < -0.39 is 23.0 Å². The maximum atomic E-state index is 14.7. The lowest BCUT2D eigenvalue weighted by molar-refractivity contribution is 0.0225. The molecule has 35 heavy (non-hydrogen) atoms. The van der Waals surface area contributed by atoms with Crippen LogP contribution in [0.15, 0.2) is 47.5 Å². The van der Waals surface area contributed by atoms with E-state index in [1.807, 2.05) is 0 Å². The summed E-state index contributed by atoms with van der Waals surface area (Å²) in [5, 5.41) is 23.2. The van der Waals surface area contributed by atoms with Gasteiger partial charge in [-0.1, -0.05) is 6.07 Å². The first-order valence-corrected chi connectivity index (χ1v) is 11.0. The smallest absolute Gasteiger partial charge is 0.266 e. The number of aliphatic hydroxyl groups is 1. The van der Waals surface area contributed by atoms with E-state index in [1.54, 1.807) is 0 Å². The predicted molar refractivity (Wildman–Crippen MR) is 125 cm³/mol. The van der Waals surface area contributed by atoms with Crippen molar-refractivity contribution in [1.82, 2.24) is 9.55 Å². The van der Waals surface area contributed by atoms with Gasteiger partial charge in [0.1, 0.15) is 17.5 Å². The maximum absolute atomic E-state index is 14.7. The van der Waals surface area contributed by atoms with Crippen LogP contribution >= 0.6 is 0 Å². The van der Waals surface area contributed by atoms with Crippen molar-refractivity contribution < 1.29 is 23.0 Å². The molecule has 3 aromatic rings. The fourth-order valence-corrected chi connectivity index (χ4v) is 3.97. The summed E-state index contributed by atoms with van der Waals surface area (Å²) < 4.78 is 49.0. The summed E-state index contributed by atoms with van der Waals surface area (Å²) in [6, 6.07) is 6.15. The number of rotatable bonds is 8. The zero-order chi connectivity index (χ0) is 24.9. The van der Waals surface area contributed by atoms with E-state index in [0.29, 0.717) is 25.5 Å². The SMILES string of the molecule is N=Cc1c(NCc2c(F)cccc2F)ccn(-c2cc(NC3CCOCC3CO)ncc2F)c1=O. The van der Waals surface area contributed by atoms with Gasteiger partial charge in [0.25, 0.3) is 5.56 Å². The molecule has 8 nitrogen and oxygen atoms in total. The number of halogens is 3. The third-order valence-corrected chi connectivity index (χ3v) is 5.93. The summed E-state index contributed by atoms with van der Waals surface area (Å²) in [7, 11) is 0. The minimum Gasteiger partial charge on any atom is -0.396 e. The van der Waals surface area contributed by atoms with Gasteiger partial charge in [-0.05, 0) is 24.6 Å². The average molecular weight is 487 g/mol. The largest absolute Gasteiger partial charge is 0.396 e. The minimum absolute atomic E-state index is 0.0842. The predicted octanol–water partition coefficient (Wildman–Crippen LogP) is 3.07. The molecule has 2 aromatic heterocycles. The number of pyridine rings is 2. The Morgan fingerprint density at radius 1 is 1.23 bits per heavy atom. The molecule has 1 saturated heterocycles. The van der Waals surface area contributed by atoms with Crippen molar-refractivity contribution in [3.8, 4) is 5.69 Å². The fraction of sp³-hybridized carbons (Fsp3) is 0.292. The van der Waals surface area contributed by atoms with Gasteiger partial charge >= 0.3 is 0 Å². The van der Waals surface area contributed by atoms with Crippen LogP contribution in [0.4, 0.5) is 24.7 Å². The summed E-state index contributed by atoms with van der Waals surface area (Å²) in [4.78, 5) is 17.1. The third kappa shape index (κ3) is 5.20. The fourth-order valence-electron chi connectivity index (χ4n) is 3.97. The van der Waals surface area contributed by atoms with Crippen LogP contribution in [-0.4, -0.2) is 46.7 Å². The van der Waals surface area contributed by atoms with Crippen molar-refractivity contribution in [1.29, 1.82) is 5.41 Å². The van der Waals surface area contributed by atoms with Crippen LogP contribution in [0, 0.1) is 28.8 Å². The molecule has 1 aliphatic heterocycles. The first-order chi connectivity index (χ1) is 16.9. The number of benzene rings is 1. The molecule has 0 aliphatic carbocycles. The number of hydrogen-bond acceptors (Lipinski definition) is 7. The second kappa shape index (κ2) is 10.7. The van der Waals surface area contributed by atoms with E-state index in [2.05, 4.69) is 15.6 Å². The summed E-state index contributed by atoms with van der Waals surface area (Å²) in [6.07, 6.45) is 3.71. The van der Waals surface area contributed by atoms with Crippen LogP contribution in [0.1, 0.15) is 17.5 Å². The van der Waals surface area contributed by atoms with E-state index in [1.165, 1.54) is 24.4 Å². The first kappa shape index (κ1) is 24.4. The lowest BCUT2D eigenvalue weighted by atomic mass is 9.96. The molecular formula is C24H24F3N5O3. The Balaban J connectivity index is 1.62. The molecule has 4 N–H and O–H groups in total. The van der Waals surface area contributed by atoms with Crippen molar-refractivity contribution in [3.63, 3.8) is 0 Å². The van der Waals surface area contributed by atoms with E-state index in [4.69, 9.17) is 10.1 Å². The van der Waals surface area contributed by atoms with Crippen LogP contribution in [0.3, 0.4) is 0 Å². The minimum atomic E-state index is -0.756. The highest BCUT2D eigenvalue weighted by Crippen LogP contribution is 2.22. The first-order valence-electron chi connectivity index (χ1n) is 11.0. The second-order valence-electron chi connectivity index (χ2n) is 8.09. The number of aromatic nitrogens is 2. The Hall–Kier alpha value is -3.70. The number of hydrogen-bond donors (Lipinski definition) is 4.